The summed E-state index contributed by atoms with van der Waals surface area (Å²) in [6, 6.07) is 25.9. The Hall–Kier alpha value is -3.99. The second-order valence-electron chi connectivity index (χ2n) is 7.23. The van der Waals surface area contributed by atoms with E-state index in [0.717, 1.165) is 33.1 Å². The van der Waals surface area contributed by atoms with Gasteiger partial charge in [0.2, 0.25) is 5.91 Å². The van der Waals surface area contributed by atoms with Crippen molar-refractivity contribution >= 4 is 33.5 Å². The zero-order chi connectivity index (χ0) is 20.3. The Kier molecular flexibility index (Phi) is 4.69. The maximum absolute atomic E-state index is 12.6. The van der Waals surface area contributed by atoms with Gasteiger partial charge in [0.15, 0.2) is 0 Å². The molecule has 0 bridgehead atoms. The lowest BCUT2D eigenvalue weighted by atomic mass is 10.1. The van der Waals surface area contributed by atoms with Gasteiger partial charge in [-0.25, -0.2) is 4.98 Å². The summed E-state index contributed by atoms with van der Waals surface area (Å²) in [5.41, 5.74) is 4.05. The van der Waals surface area contributed by atoms with Gasteiger partial charge < -0.3 is 9.88 Å². The Labute approximate surface area is 174 Å². The Bertz CT molecular complexity index is 1340. The van der Waals surface area contributed by atoms with Gasteiger partial charge in [0.1, 0.15) is 5.82 Å². The topological polar surface area (TPSA) is 59.8 Å². The Balaban J connectivity index is 1.43. The molecule has 0 aliphatic carbocycles. The molecule has 5 heteroatoms. The van der Waals surface area contributed by atoms with Crippen LogP contribution in [0.15, 0.2) is 91.3 Å². The number of pyridine rings is 2. The number of nitrogens with one attached hydrogen (secondary N) is 1. The van der Waals surface area contributed by atoms with Gasteiger partial charge in [-0.3, -0.25) is 9.78 Å². The molecule has 1 N–H and O–H groups in total. The van der Waals surface area contributed by atoms with Gasteiger partial charge in [-0.1, -0.05) is 48.5 Å². The molecule has 5 rings (SSSR count). The molecule has 3 heterocycles. The number of rotatable bonds is 5. The molecule has 5 nitrogen and oxygen atoms in total. The number of benzene rings is 2. The van der Waals surface area contributed by atoms with Crippen LogP contribution in [0.25, 0.3) is 21.8 Å². The van der Waals surface area contributed by atoms with Crippen molar-refractivity contribution in [2.24, 2.45) is 0 Å². The van der Waals surface area contributed by atoms with Crippen LogP contribution in [0.5, 0.6) is 0 Å². The predicted octanol–water partition coefficient (Wildman–Crippen LogP) is 4.81. The van der Waals surface area contributed by atoms with Gasteiger partial charge in [0.05, 0.1) is 24.2 Å². The number of carbonyl (C=O) groups excluding carboxylic acids is 1. The van der Waals surface area contributed by atoms with Gasteiger partial charge >= 0.3 is 0 Å². The molecule has 0 saturated heterocycles. The largest absolute Gasteiger partial charge is 0.341 e. The summed E-state index contributed by atoms with van der Waals surface area (Å²) in [7, 11) is 0. The van der Waals surface area contributed by atoms with Crippen molar-refractivity contribution < 1.29 is 4.79 Å². The second kappa shape index (κ2) is 7.79. The summed E-state index contributed by atoms with van der Waals surface area (Å²) in [5, 5.41) is 5.07. The quantitative estimate of drug-likeness (QED) is 0.467. The molecule has 0 radical (unpaired) electrons. The summed E-state index contributed by atoms with van der Waals surface area (Å²) < 4.78 is 2.16. The van der Waals surface area contributed by atoms with E-state index in [1.807, 2.05) is 42.5 Å². The van der Waals surface area contributed by atoms with E-state index in [2.05, 4.69) is 51.4 Å². The van der Waals surface area contributed by atoms with E-state index in [-0.39, 0.29) is 12.3 Å². The van der Waals surface area contributed by atoms with Gasteiger partial charge in [-0.15, -0.1) is 0 Å². The fourth-order valence-corrected chi connectivity index (χ4v) is 3.76. The predicted molar refractivity (Wildman–Crippen MR) is 119 cm³/mol. The molecule has 5 aromatic rings. The lowest BCUT2D eigenvalue weighted by Gasteiger charge is -2.06. The molecule has 0 unspecified atom stereocenters. The Morgan fingerprint density at radius 2 is 1.73 bits per heavy atom. The number of carbonyl (C=O) groups is 1. The Morgan fingerprint density at radius 1 is 0.900 bits per heavy atom. The van der Waals surface area contributed by atoms with Crippen molar-refractivity contribution in [3.8, 4) is 0 Å². The number of anilines is 1. The van der Waals surface area contributed by atoms with Crippen LogP contribution in [0.1, 0.15) is 11.3 Å². The van der Waals surface area contributed by atoms with E-state index in [9.17, 15) is 4.79 Å². The van der Waals surface area contributed by atoms with Crippen molar-refractivity contribution in [2.75, 3.05) is 5.32 Å². The van der Waals surface area contributed by atoms with Crippen LogP contribution in [-0.4, -0.2) is 20.4 Å². The average molecular weight is 392 g/mol. The van der Waals surface area contributed by atoms with Crippen molar-refractivity contribution in [3.63, 3.8) is 0 Å². The number of para-hydroxylation sites is 2. The molecule has 0 aliphatic rings. The number of hydrogen-bond donors (Lipinski definition) is 1. The summed E-state index contributed by atoms with van der Waals surface area (Å²) >= 11 is 0. The third kappa shape index (κ3) is 3.65. The molecule has 30 heavy (non-hydrogen) atoms. The number of nitrogens with zero attached hydrogens (tertiary/aromatic N) is 3. The zero-order valence-electron chi connectivity index (χ0n) is 16.3. The minimum Gasteiger partial charge on any atom is -0.341 e. The van der Waals surface area contributed by atoms with E-state index in [4.69, 9.17) is 4.98 Å². The summed E-state index contributed by atoms with van der Waals surface area (Å²) in [5.74, 6) is 0.479. The van der Waals surface area contributed by atoms with Gasteiger partial charge in [0.25, 0.3) is 0 Å². The fourth-order valence-electron chi connectivity index (χ4n) is 3.76. The van der Waals surface area contributed by atoms with Crippen LogP contribution in [0.3, 0.4) is 0 Å². The fraction of sp³-hybridized carbons (Fsp3) is 0.0800. The molecular formula is C25H20N4O. The second-order valence-corrected chi connectivity index (χ2v) is 7.23. The summed E-state index contributed by atoms with van der Waals surface area (Å²) in [6.07, 6.45) is 4.01. The van der Waals surface area contributed by atoms with Crippen molar-refractivity contribution in [2.45, 2.75) is 13.0 Å². The molecule has 3 aromatic heterocycles. The maximum Gasteiger partial charge on any atom is 0.230 e. The van der Waals surface area contributed by atoms with Crippen LogP contribution < -0.4 is 5.32 Å². The van der Waals surface area contributed by atoms with E-state index in [1.165, 1.54) is 0 Å². The first-order chi connectivity index (χ1) is 14.8. The maximum atomic E-state index is 12.6. The van der Waals surface area contributed by atoms with E-state index in [0.29, 0.717) is 12.4 Å². The number of fused-ring (bicyclic) bond motifs is 2. The monoisotopic (exact) mass is 392 g/mol. The first kappa shape index (κ1) is 18.1. The average Bonchev–Trinajstić information content (AvgIpc) is 3.11. The van der Waals surface area contributed by atoms with E-state index < -0.39 is 0 Å². The van der Waals surface area contributed by atoms with Gasteiger partial charge in [-0.05, 0) is 35.9 Å². The van der Waals surface area contributed by atoms with Crippen LogP contribution in [0, 0.1) is 0 Å². The lowest BCUT2D eigenvalue weighted by Crippen LogP contribution is -2.15. The first-order valence-corrected chi connectivity index (χ1v) is 9.88. The highest BCUT2D eigenvalue weighted by Crippen LogP contribution is 2.23. The molecular weight excluding hydrogens is 372 g/mol. The highest BCUT2D eigenvalue weighted by Gasteiger charge is 2.13. The smallest absolute Gasteiger partial charge is 0.230 e. The summed E-state index contributed by atoms with van der Waals surface area (Å²) in [4.78, 5) is 21.5. The molecule has 0 saturated carbocycles. The minimum absolute atomic E-state index is 0.0829. The van der Waals surface area contributed by atoms with Gasteiger partial charge in [-0.2, -0.15) is 0 Å². The van der Waals surface area contributed by atoms with E-state index >= 15 is 0 Å². The standard InChI is InChI=1S/C25H20N4O/c30-25(28-24-11-5-6-14-26-24)15-19-16-29(23-10-4-2-8-21(19)23)17-20-13-12-18-7-1-3-9-22(18)27-20/h1-14,16H,15,17H2,(H,26,28,30). The van der Waals surface area contributed by atoms with Crippen LogP contribution in [-0.2, 0) is 17.8 Å². The highest BCUT2D eigenvalue weighted by molar-refractivity contribution is 5.95. The minimum atomic E-state index is -0.0829. The van der Waals surface area contributed by atoms with Crippen molar-refractivity contribution in [1.82, 2.24) is 14.5 Å². The lowest BCUT2D eigenvalue weighted by molar-refractivity contribution is -0.115. The summed E-state index contributed by atoms with van der Waals surface area (Å²) in [6.45, 7) is 0.646. The highest BCUT2D eigenvalue weighted by atomic mass is 16.1. The van der Waals surface area contributed by atoms with Crippen LogP contribution in [0.2, 0.25) is 0 Å². The van der Waals surface area contributed by atoms with E-state index in [1.54, 1.807) is 12.3 Å². The van der Waals surface area contributed by atoms with Crippen molar-refractivity contribution in [3.05, 3.63) is 103 Å². The zero-order valence-corrected chi connectivity index (χ0v) is 16.3. The number of aromatic nitrogens is 3. The number of hydrogen-bond acceptors (Lipinski definition) is 3. The number of amides is 1. The third-order valence-corrected chi connectivity index (χ3v) is 5.14. The normalized spacial score (nSPS) is 11.1. The molecule has 146 valence electrons. The molecule has 0 aliphatic heterocycles. The molecule has 0 fully saturated rings. The first-order valence-electron chi connectivity index (χ1n) is 9.88. The molecule has 1 amide bonds. The molecule has 2 aromatic carbocycles. The van der Waals surface area contributed by atoms with Gasteiger partial charge in [0, 0.05) is 28.7 Å². The van der Waals surface area contributed by atoms with Crippen LogP contribution in [0.4, 0.5) is 5.82 Å². The SMILES string of the molecule is O=C(Cc1cn(Cc2ccc3ccccc3n2)c2ccccc12)Nc1ccccn1. The van der Waals surface area contributed by atoms with Crippen molar-refractivity contribution in [1.29, 1.82) is 0 Å². The third-order valence-electron chi connectivity index (χ3n) is 5.14. The molecule has 0 spiro atoms. The Morgan fingerprint density at radius 3 is 2.63 bits per heavy atom. The molecule has 0 atom stereocenters. The van der Waals surface area contributed by atoms with Crippen LogP contribution >= 0.6 is 0 Å².